The highest BCUT2D eigenvalue weighted by Gasteiger charge is 2.18. The van der Waals surface area contributed by atoms with Crippen molar-refractivity contribution in [1.82, 2.24) is 9.78 Å². The normalized spacial score (nSPS) is 11.3. The minimum absolute atomic E-state index is 0.358. The minimum atomic E-state index is -0.504. The molecular formula is C13H16N4OS. The van der Waals surface area contributed by atoms with E-state index in [1.165, 1.54) is 4.68 Å². The van der Waals surface area contributed by atoms with Crippen molar-refractivity contribution in [3.05, 3.63) is 33.8 Å². The standard InChI is InChI=1S/C13H16N4OS/c1-3-5-10-11(12(13(14)18)17(2)16-10)15-8-9-6-4-7-19-9/h4,6-8H,3,5H2,1-2H3,(H2,14,18). The molecule has 2 heterocycles. The zero-order valence-corrected chi connectivity index (χ0v) is 11.8. The summed E-state index contributed by atoms with van der Waals surface area (Å²) in [7, 11) is 1.71. The number of primary amides is 1. The monoisotopic (exact) mass is 276 g/mol. The lowest BCUT2D eigenvalue weighted by Gasteiger charge is -1.98. The number of aromatic nitrogens is 2. The third-order valence-electron chi connectivity index (χ3n) is 2.68. The van der Waals surface area contributed by atoms with E-state index in [-0.39, 0.29) is 0 Å². The van der Waals surface area contributed by atoms with Crippen molar-refractivity contribution < 1.29 is 4.79 Å². The van der Waals surface area contributed by atoms with E-state index in [0.717, 1.165) is 23.4 Å². The highest BCUT2D eigenvalue weighted by Crippen LogP contribution is 2.25. The molecule has 2 aromatic rings. The van der Waals surface area contributed by atoms with Gasteiger partial charge in [-0.05, 0) is 17.9 Å². The molecule has 2 N–H and O–H groups in total. The largest absolute Gasteiger partial charge is 0.364 e. The average molecular weight is 276 g/mol. The number of hydrogen-bond donors (Lipinski definition) is 1. The van der Waals surface area contributed by atoms with Gasteiger partial charge in [-0.15, -0.1) is 11.3 Å². The molecule has 2 aromatic heterocycles. The third-order valence-corrected chi connectivity index (χ3v) is 3.48. The molecule has 2 rings (SSSR count). The van der Waals surface area contributed by atoms with Crippen LogP contribution in [0.25, 0.3) is 0 Å². The van der Waals surface area contributed by atoms with Gasteiger partial charge in [0.2, 0.25) is 0 Å². The summed E-state index contributed by atoms with van der Waals surface area (Å²) in [6.45, 7) is 2.06. The maximum Gasteiger partial charge on any atom is 0.269 e. The molecule has 0 saturated carbocycles. The quantitative estimate of drug-likeness (QED) is 0.851. The Labute approximate surface area is 115 Å². The molecule has 0 atom stereocenters. The maximum absolute atomic E-state index is 11.5. The van der Waals surface area contributed by atoms with Crippen LogP contribution in [0.15, 0.2) is 22.5 Å². The van der Waals surface area contributed by atoms with E-state index in [2.05, 4.69) is 17.0 Å². The number of carbonyl (C=O) groups excluding carboxylic acids is 1. The smallest absolute Gasteiger partial charge is 0.269 e. The fraction of sp³-hybridized carbons (Fsp3) is 0.308. The van der Waals surface area contributed by atoms with Crippen LogP contribution >= 0.6 is 11.3 Å². The van der Waals surface area contributed by atoms with Crippen molar-refractivity contribution in [2.45, 2.75) is 19.8 Å². The predicted octanol–water partition coefficient (Wildman–Crippen LogP) is 2.28. The Morgan fingerprint density at radius 2 is 2.42 bits per heavy atom. The fourth-order valence-electron chi connectivity index (χ4n) is 1.88. The van der Waals surface area contributed by atoms with E-state index in [9.17, 15) is 4.79 Å². The highest BCUT2D eigenvalue weighted by atomic mass is 32.1. The Bertz CT molecular complexity index is 598. The molecule has 0 saturated heterocycles. The molecule has 1 amide bonds. The molecular weight excluding hydrogens is 260 g/mol. The van der Waals surface area contributed by atoms with Crippen molar-refractivity contribution in [3.63, 3.8) is 0 Å². The Hall–Kier alpha value is -1.95. The van der Waals surface area contributed by atoms with E-state index >= 15 is 0 Å². The summed E-state index contributed by atoms with van der Waals surface area (Å²) in [4.78, 5) is 17.0. The Morgan fingerprint density at radius 3 is 3.00 bits per heavy atom. The van der Waals surface area contributed by atoms with E-state index < -0.39 is 5.91 Å². The lowest BCUT2D eigenvalue weighted by Crippen LogP contribution is -2.15. The van der Waals surface area contributed by atoms with Crippen LogP contribution in [0.1, 0.15) is 34.4 Å². The second-order valence-electron chi connectivity index (χ2n) is 4.16. The van der Waals surface area contributed by atoms with Gasteiger partial charge in [0.1, 0.15) is 5.69 Å². The number of thiophene rings is 1. The summed E-state index contributed by atoms with van der Waals surface area (Å²) in [6.07, 6.45) is 3.46. The molecule has 0 aliphatic rings. The first-order valence-electron chi connectivity index (χ1n) is 6.06. The third kappa shape index (κ3) is 2.90. The van der Waals surface area contributed by atoms with Crippen molar-refractivity contribution in [1.29, 1.82) is 0 Å². The zero-order valence-electron chi connectivity index (χ0n) is 11.0. The molecule has 0 aliphatic carbocycles. The summed E-state index contributed by atoms with van der Waals surface area (Å²) in [5, 5.41) is 6.31. The lowest BCUT2D eigenvalue weighted by molar-refractivity contribution is 0.0992. The number of aryl methyl sites for hydroxylation is 2. The molecule has 0 fully saturated rings. The number of nitrogens with zero attached hydrogens (tertiary/aromatic N) is 3. The van der Waals surface area contributed by atoms with Gasteiger partial charge in [-0.25, -0.2) is 0 Å². The number of carbonyl (C=O) groups is 1. The van der Waals surface area contributed by atoms with Crippen molar-refractivity contribution in [2.24, 2.45) is 17.8 Å². The van der Waals surface area contributed by atoms with E-state index in [1.807, 2.05) is 17.5 Å². The van der Waals surface area contributed by atoms with E-state index in [0.29, 0.717) is 11.4 Å². The second-order valence-corrected chi connectivity index (χ2v) is 5.13. The Morgan fingerprint density at radius 1 is 1.63 bits per heavy atom. The van der Waals surface area contributed by atoms with E-state index in [1.54, 1.807) is 24.6 Å². The molecule has 0 aromatic carbocycles. The van der Waals surface area contributed by atoms with Crippen LogP contribution in [-0.2, 0) is 13.5 Å². The molecule has 100 valence electrons. The van der Waals surface area contributed by atoms with Crippen LogP contribution in [0.4, 0.5) is 5.69 Å². The summed E-state index contributed by atoms with van der Waals surface area (Å²) in [6, 6.07) is 3.92. The Balaban J connectivity index is 2.43. The van der Waals surface area contributed by atoms with Gasteiger partial charge in [0, 0.05) is 18.1 Å². The molecule has 0 bridgehead atoms. The van der Waals surface area contributed by atoms with Crippen molar-refractivity contribution in [3.8, 4) is 0 Å². The molecule has 0 spiro atoms. The molecule has 5 nitrogen and oxygen atoms in total. The van der Waals surface area contributed by atoms with Crippen molar-refractivity contribution >= 4 is 29.1 Å². The summed E-state index contributed by atoms with van der Waals surface area (Å²) < 4.78 is 1.51. The van der Waals surface area contributed by atoms with Crippen LogP contribution in [0.3, 0.4) is 0 Å². The summed E-state index contributed by atoms with van der Waals surface area (Å²) >= 11 is 1.59. The zero-order chi connectivity index (χ0) is 13.8. The van der Waals surface area contributed by atoms with Crippen LogP contribution in [-0.4, -0.2) is 21.9 Å². The number of amides is 1. The summed E-state index contributed by atoms with van der Waals surface area (Å²) in [5.74, 6) is -0.504. The van der Waals surface area contributed by atoms with Crippen LogP contribution in [0.5, 0.6) is 0 Å². The molecule has 6 heteroatoms. The predicted molar refractivity (Wildman–Crippen MR) is 77.3 cm³/mol. The van der Waals surface area contributed by atoms with Crippen LogP contribution in [0.2, 0.25) is 0 Å². The van der Waals surface area contributed by atoms with Gasteiger partial charge in [0.05, 0.1) is 5.69 Å². The number of rotatable bonds is 5. The van der Waals surface area contributed by atoms with Crippen molar-refractivity contribution in [2.75, 3.05) is 0 Å². The topological polar surface area (TPSA) is 73.3 Å². The first kappa shape index (κ1) is 13.5. The molecule has 0 unspecified atom stereocenters. The number of hydrogen-bond acceptors (Lipinski definition) is 4. The first-order chi connectivity index (χ1) is 9.13. The van der Waals surface area contributed by atoms with Crippen LogP contribution in [0, 0.1) is 0 Å². The van der Waals surface area contributed by atoms with Gasteiger partial charge in [-0.2, -0.15) is 5.10 Å². The average Bonchev–Trinajstić information content (AvgIpc) is 2.95. The fourth-order valence-corrected chi connectivity index (χ4v) is 2.46. The molecule has 0 aliphatic heterocycles. The van der Waals surface area contributed by atoms with Crippen LogP contribution < -0.4 is 5.73 Å². The number of aliphatic imine (C=N–C) groups is 1. The highest BCUT2D eigenvalue weighted by molar-refractivity contribution is 7.11. The molecule has 0 radical (unpaired) electrons. The number of nitrogens with two attached hydrogens (primary N) is 1. The second kappa shape index (κ2) is 5.79. The maximum atomic E-state index is 11.5. The van der Waals surface area contributed by atoms with Gasteiger partial charge >= 0.3 is 0 Å². The molecule has 19 heavy (non-hydrogen) atoms. The Kier molecular flexibility index (Phi) is 4.11. The van der Waals surface area contributed by atoms with Gasteiger partial charge in [0.15, 0.2) is 5.69 Å². The van der Waals surface area contributed by atoms with Gasteiger partial charge in [-0.3, -0.25) is 14.5 Å². The van der Waals surface area contributed by atoms with Gasteiger partial charge in [-0.1, -0.05) is 19.4 Å². The minimum Gasteiger partial charge on any atom is -0.364 e. The first-order valence-corrected chi connectivity index (χ1v) is 6.94. The van der Waals surface area contributed by atoms with Gasteiger partial charge in [0.25, 0.3) is 5.91 Å². The van der Waals surface area contributed by atoms with E-state index in [4.69, 9.17) is 5.73 Å². The van der Waals surface area contributed by atoms with Gasteiger partial charge < -0.3 is 5.73 Å². The SMILES string of the molecule is CCCc1nn(C)c(C(N)=O)c1N=Cc1cccs1. The summed E-state index contributed by atoms with van der Waals surface area (Å²) in [5.41, 5.74) is 7.16. The lowest BCUT2D eigenvalue weighted by atomic mass is 10.2.